The number of nitrogens with zero attached hydrogens (tertiary/aromatic N) is 2. The van der Waals surface area contributed by atoms with Crippen molar-refractivity contribution in [1.82, 2.24) is 14.9 Å². The molecule has 0 radical (unpaired) electrons. The third kappa shape index (κ3) is 4.30. The fourth-order valence-corrected chi connectivity index (χ4v) is 3.10. The van der Waals surface area contributed by atoms with Gasteiger partial charge >= 0.3 is 12.2 Å². The van der Waals surface area contributed by atoms with Crippen LogP contribution >= 0.6 is 11.3 Å². The van der Waals surface area contributed by atoms with Crippen molar-refractivity contribution in [3.8, 4) is 0 Å². The van der Waals surface area contributed by atoms with Crippen molar-refractivity contribution in [1.29, 1.82) is 0 Å². The van der Waals surface area contributed by atoms with E-state index < -0.39 is 17.9 Å². The van der Waals surface area contributed by atoms with Crippen molar-refractivity contribution in [2.24, 2.45) is 0 Å². The summed E-state index contributed by atoms with van der Waals surface area (Å²) < 4.78 is 39.4. The molecule has 9 heteroatoms. The zero-order valence-corrected chi connectivity index (χ0v) is 13.8. The predicted octanol–water partition coefficient (Wildman–Crippen LogP) is 4.33. The molecule has 132 valence electrons. The number of para-hydroxylation sites is 1. The number of carbonyl (C=O) groups excluding carboxylic acids is 1. The molecule has 2 aromatic heterocycles. The zero-order valence-electron chi connectivity index (χ0n) is 13.0. The summed E-state index contributed by atoms with van der Waals surface area (Å²) >= 11 is 0.736. The maximum Gasteiger partial charge on any atom is 0.434 e. The quantitative estimate of drug-likeness (QED) is 0.659. The molecule has 3 rings (SSSR count). The van der Waals surface area contributed by atoms with Crippen LogP contribution in [-0.4, -0.2) is 22.1 Å². The van der Waals surface area contributed by atoms with Crippen molar-refractivity contribution < 1.29 is 18.0 Å². The Morgan fingerprint density at radius 1 is 1.24 bits per heavy atom. The van der Waals surface area contributed by atoms with E-state index in [-0.39, 0.29) is 5.13 Å². The van der Waals surface area contributed by atoms with Crippen LogP contribution < -0.4 is 10.6 Å². The largest absolute Gasteiger partial charge is 0.434 e. The molecule has 1 aromatic carbocycles. The number of aryl methyl sites for hydroxylation is 1. The number of hydrogen-bond acceptors (Lipinski definition) is 3. The van der Waals surface area contributed by atoms with E-state index in [4.69, 9.17) is 0 Å². The number of thiazole rings is 1. The minimum Gasteiger partial charge on any atom is -0.347 e. The highest BCUT2D eigenvalue weighted by atomic mass is 32.1. The first kappa shape index (κ1) is 17.3. The molecule has 0 aliphatic carbocycles. The first-order valence-electron chi connectivity index (χ1n) is 7.55. The van der Waals surface area contributed by atoms with Gasteiger partial charge in [0.15, 0.2) is 10.8 Å². The van der Waals surface area contributed by atoms with Crippen LogP contribution in [0.3, 0.4) is 0 Å². The number of benzene rings is 1. The molecule has 0 atom stereocenters. The number of aromatic nitrogens is 2. The maximum absolute atomic E-state index is 12.4. The molecule has 0 unspecified atom stereocenters. The third-order valence-corrected chi connectivity index (χ3v) is 4.31. The highest BCUT2D eigenvalue weighted by Crippen LogP contribution is 2.31. The first-order valence-corrected chi connectivity index (χ1v) is 8.43. The SMILES string of the molecule is O=C(NCCCn1ccc2ccccc21)Nc1nc(C(F)(F)F)cs1. The van der Waals surface area contributed by atoms with E-state index in [1.165, 1.54) is 0 Å². The van der Waals surface area contributed by atoms with Gasteiger partial charge < -0.3 is 9.88 Å². The molecule has 0 aliphatic heterocycles. The summed E-state index contributed by atoms with van der Waals surface area (Å²) in [5, 5.41) is 6.86. The number of carbonyl (C=O) groups is 1. The Bertz CT molecular complexity index is 872. The number of hydrogen-bond donors (Lipinski definition) is 2. The monoisotopic (exact) mass is 368 g/mol. The van der Waals surface area contributed by atoms with Gasteiger partial charge in [0, 0.05) is 30.2 Å². The Hall–Kier alpha value is -2.55. The molecular weight excluding hydrogens is 353 g/mol. The van der Waals surface area contributed by atoms with Gasteiger partial charge in [0.25, 0.3) is 0 Å². The number of anilines is 1. The number of alkyl halides is 3. The normalized spacial score (nSPS) is 11.6. The van der Waals surface area contributed by atoms with Crippen molar-refractivity contribution in [2.45, 2.75) is 19.1 Å². The van der Waals surface area contributed by atoms with Gasteiger partial charge in [0.05, 0.1) is 0 Å². The van der Waals surface area contributed by atoms with Crippen LogP contribution in [0.25, 0.3) is 10.9 Å². The second-order valence-electron chi connectivity index (χ2n) is 5.34. The average molecular weight is 368 g/mol. The van der Waals surface area contributed by atoms with Crippen LogP contribution in [0.1, 0.15) is 12.1 Å². The summed E-state index contributed by atoms with van der Waals surface area (Å²) in [5.41, 5.74) is 0.113. The molecule has 0 aliphatic rings. The Morgan fingerprint density at radius 2 is 2.04 bits per heavy atom. The number of halogens is 3. The van der Waals surface area contributed by atoms with Crippen LogP contribution in [0, 0.1) is 0 Å². The third-order valence-electron chi connectivity index (χ3n) is 3.56. The van der Waals surface area contributed by atoms with E-state index >= 15 is 0 Å². The smallest absolute Gasteiger partial charge is 0.347 e. The minimum absolute atomic E-state index is 0.0822. The lowest BCUT2D eigenvalue weighted by molar-refractivity contribution is -0.140. The van der Waals surface area contributed by atoms with E-state index in [2.05, 4.69) is 20.2 Å². The van der Waals surface area contributed by atoms with Gasteiger partial charge in [-0.2, -0.15) is 13.2 Å². The summed E-state index contributed by atoms with van der Waals surface area (Å²) in [5.74, 6) is 0. The number of urea groups is 1. The average Bonchev–Trinajstić information content (AvgIpc) is 3.18. The number of fused-ring (bicyclic) bond motifs is 1. The van der Waals surface area contributed by atoms with Gasteiger partial charge in [0.2, 0.25) is 0 Å². The van der Waals surface area contributed by atoms with Crippen molar-refractivity contribution in [2.75, 3.05) is 11.9 Å². The van der Waals surface area contributed by atoms with Gasteiger partial charge in [-0.15, -0.1) is 11.3 Å². The van der Waals surface area contributed by atoms with Gasteiger partial charge in [-0.05, 0) is 23.9 Å². The summed E-state index contributed by atoms with van der Waals surface area (Å²) in [7, 11) is 0. The highest BCUT2D eigenvalue weighted by molar-refractivity contribution is 7.13. The molecule has 0 saturated carbocycles. The van der Waals surface area contributed by atoms with Gasteiger partial charge in [-0.1, -0.05) is 18.2 Å². The maximum atomic E-state index is 12.4. The lowest BCUT2D eigenvalue weighted by atomic mass is 10.2. The summed E-state index contributed by atoms with van der Waals surface area (Å²) in [6, 6.07) is 9.45. The zero-order chi connectivity index (χ0) is 17.9. The second kappa shape index (κ2) is 7.14. The summed E-state index contributed by atoms with van der Waals surface area (Å²) in [6.07, 6.45) is -1.83. The van der Waals surface area contributed by atoms with Gasteiger partial charge in [0.1, 0.15) is 0 Å². The molecule has 0 spiro atoms. The molecule has 0 bridgehead atoms. The Balaban J connectivity index is 1.44. The number of nitrogens with one attached hydrogen (secondary N) is 2. The molecule has 5 nitrogen and oxygen atoms in total. The van der Waals surface area contributed by atoms with E-state index in [0.29, 0.717) is 13.0 Å². The van der Waals surface area contributed by atoms with Crippen molar-refractivity contribution in [3.63, 3.8) is 0 Å². The molecule has 25 heavy (non-hydrogen) atoms. The molecule has 2 N–H and O–H groups in total. The lowest BCUT2D eigenvalue weighted by Gasteiger charge is -2.07. The second-order valence-corrected chi connectivity index (χ2v) is 6.20. The number of amides is 2. The molecule has 3 aromatic rings. The first-order chi connectivity index (χ1) is 11.9. The van der Waals surface area contributed by atoms with E-state index in [1.807, 2.05) is 36.5 Å². The topological polar surface area (TPSA) is 59.0 Å². The highest BCUT2D eigenvalue weighted by Gasteiger charge is 2.33. The standard InChI is InChI=1S/C16H15F3N4OS/c17-16(18,19)13-10-25-15(21-13)22-14(24)20-7-3-8-23-9-6-11-4-1-2-5-12(11)23/h1-2,4-6,9-10H,3,7-8H2,(H2,20,21,22,24). The Kier molecular flexibility index (Phi) is 4.93. The van der Waals surface area contributed by atoms with Crippen LogP contribution in [0.15, 0.2) is 41.9 Å². The summed E-state index contributed by atoms with van der Waals surface area (Å²) in [6.45, 7) is 1.12. The van der Waals surface area contributed by atoms with Gasteiger partial charge in [-0.25, -0.2) is 9.78 Å². The van der Waals surface area contributed by atoms with Gasteiger partial charge in [-0.3, -0.25) is 5.32 Å². The number of rotatable bonds is 5. The molecule has 2 heterocycles. The van der Waals surface area contributed by atoms with Crippen LogP contribution in [0.4, 0.5) is 23.1 Å². The Labute approximate surface area is 145 Å². The fraction of sp³-hybridized carbons (Fsp3) is 0.250. The Morgan fingerprint density at radius 3 is 2.80 bits per heavy atom. The molecular formula is C16H15F3N4OS. The minimum atomic E-state index is -4.51. The molecule has 2 amide bonds. The molecule has 0 saturated heterocycles. The van der Waals surface area contributed by atoms with Crippen LogP contribution in [-0.2, 0) is 12.7 Å². The lowest BCUT2D eigenvalue weighted by Crippen LogP contribution is -2.30. The van der Waals surface area contributed by atoms with Crippen molar-refractivity contribution >= 4 is 33.4 Å². The van der Waals surface area contributed by atoms with E-state index in [9.17, 15) is 18.0 Å². The predicted molar refractivity (Wildman–Crippen MR) is 90.7 cm³/mol. The van der Waals surface area contributed by atoms with E-state index in [0.717, 1.165) is 34.2 Å². The van der Waals surface area contributed by atoms with E-state index in [1.54, 1.807) is 0 Å². The van der Waals surface area contributed by atoms with Crippen LogP contribution in [0.2, 0.25) is 0 Å². The van der Waals surface area contributed by atoms with Crippen molar-refractivity contribution in [3.05, 3.63) is 47.6 Å². The molecule has 0 fully saturated rings. The van der Waals surface area contributed by atoms with Crippen LogP contribution in [0.5, 0.6) is 0 Å². The fourth-order valence-electron chi connectivity index (χ4n) is 2.39. The summed E-state index contributed by atoms with van der Waals surface area (Å²) in [4.78, 5) is 15.0.